The van der Waals surface area contributed by atoms with E-state index in [-0.39, 0.29) is 5.82 Å². The number of aromatic nitrogens is 2. The molecule has 1 aliphatic heterocycles. The van der Waals surface area contributed by atoms with Gasteiger partial charge in [-0.1, -0.05) is 12.1 Å². The van der Waals surface area contributed by atoms with Crippen molar-refractivity contribution >= 4 is 40.3 Å². The summed E-state index contributed by atoms with van der Waals surface area (Å²) in [6.07, 6.45) is 0.861. The minimum absolute atomic E-state index is 0.286. The minimum atomic E-state index is -0.909. The number of hydrogen-bond acceptors (Lipinski definition) is 6. The third kappa shape index (κ3) is 4.54. The fourth-order valence-corrected chi connectivity index (χ4v) is 3.66. The van der Waals surface area contributed by atoms with Crippen LogP contribution in [0.25, 0.3) is 11.1 Å². The van der Waals surface area contributed by atoms with Crippen molar-refractivity contribution < 1.29 is 18.0 Å². The fourth-order valence-electron chi connectivity index (χ4n) is 3.66. The zero-order chi connectivity index (χ0) is 22.8. The molecule has 0 spiro atoms. The highest BCUT2D eigenvalue weighted by Crippen LogP contribution is 2.24. The second kappa shape index (κ2) is 8.73. The highest BCUT2D eigenvalue weighted by molar-refractivity contribution is 5.88. The summed E-state index contributed by atoms with van der Waals surface area (Å²) in [4.78, 5) is 24.1. The summed E-state index contributed by atoms with van der Waals surface area (Å²) in [5, 5.41) is 5.55. The van der Waals surface area contributed by atoms with Crippen LogP contribution >= 0.6 is 0 Å². The molecule has 33 heavy (non-hydrogen) atoms. The van der Waals surface area contributed by atoms with E-state index in [0.717, 1.165) is 28.7 Å². The zero-order valence-electron chi connectivity index (χ0n) is 17.5. The number of piperazine rings is 1. The fraction of sp³-hybridized carbons (Fsp3) is 0.174. The van der Waals surface area contributed by atoms with E-state index in [9.17, 15) is 13.6 Å². The Hall–Kier alpha value is -4.21. The Morgan fingerprint density at radius 1 is 1.00 bits per heavy atom. The van der Waals surface area contributed by atoms with Crippen molar-refractivity contribution in [3.05, 3.63) is 72.4 Å². The summed E-state index contributed by atoms with van der Waals surface area (Å²) >= 11 is 0. The van der Waals surface area contributed by atoms with Crippen LogP contribution < -0.4 is 15.5 Å². The van der Waals surface area contributed by atoms with Gasteiger partial charge in [0, 0.05) is 43.6 Å². The average Bonchev–Trinajstić information content (AvgIpc) is 3.24. The molecule has 10 heteroatoms. The Morgan fingerprint density at radius 3 is 2.48 bits per heavy atom. The maximum atomic E-state index is 13.7. The van der Waals surface area contributed by atoms with Gasteiger partial charge in [0.15, 0.2) is 17.2 Å². The molecule has 0 atom stereocenters. The molecule has 168 valence electrons. The number of nitrogens with one attached hydrogen (secondary N) is 2. The van der Waals surface area contributed by atoms with E-state index < -0.39 is 17.7 Å². The molecule has 0 radical (unpaired) electrons. The molecule has 2 aromatic carbocycles. The van der Waals surface area contributed by atoms with Crippen molar-refractivity contribution in [2.75, 3.05) is 41.7 Å². The standard InChI is InChI=1S/C23H20F2N6O2/c24-15-13-18(25)21(26-14-15)29-23(32)31-11-9-30(10-12-31)17-7-5-16(6-8-17)27-22-28-19-3-1-2-4-20(19)33-22/h1-8,13-14H,9-12H2,(H,27,28)(H,26,29,32). The molecule has 0 unspecified atom stereocenters. The molecule has 0 aliphatic carbocycles. The highest BCUT2D eigenvalue weighted by Gasteiger charge is 2.22. The van der Waals surface area contributed by atoms with E-state index in [1.807, 2.05) is 48.5 Å². The number of halogens is 2. The SMILES string of the molecule is O=C(Nc1ncc(F)cc1F)N1CCN(c2ccc(Nc3nc4ccccc4o3)cc2)CC1. The van der Waals surface area contributed by atoms with Crippen molar-refractivity contribution in [3.8, 4) is 0 Å². The van der Waals surface area contributed by atoms with Crippen LogP contribution in [0.3, 0.4) is 0 Å². The van der Waals surface area contributed by atoms with E-state index in [1.165, 1.54) is 0 Å². The lowest BCUT2D eigenvalue weighted by Gasteiger charge is -2.36. The number of rotatable bonds is 4. The number of carbonyl (C=O) groups is 1. The van der Waals surface area contributed by atoms with Crippen LogP contribution in [-0.2, 0) is 0 Å². The quantitative estimate of drug-likeness (QED) is 0.473. The summed E-state index contributed by atoms with van der Waals surface area (Å²) < 4.78 is 32.4. The van der Waals surface area contributed by atoms with Crippen molar-refractivity contribution in [2.24, 2.45) is 0 Å². The number of fused-ring (bicyclic) bond motifs is 1. The van der Waals surface area contributed by atoms with E-state index in [2.05, 4.69) is 25.5 Å². The van der Waals surface area contributed by atoms with Gasteiger partial charge in [-0.2, -0.15) is 4.98 Å². The maximum absolute atomic E-state index is 13.7. The summed E-state index contributed by atoms with van der Waals surface area (Å²) in [7, 11) is 0. The molecule has 8 nitrogen and oxygen atoms in total. The minimum Gasteiger partial charge on any atom is -0.423 e. The van der Waals surface area contributed by atoms with E-state index in [0.29, 0.717) is 38.3 Å². The first kappa shape index (κ1) is 20.7. The first-order chi connectivity index (χ1) is 16.0. The molecule has 2 N–H and O–H groups in total. The predicted octanol–water partition coefficient (Wildman–Crippen LogP) is 4.60. The largest absolute Gasteiger partial charge is 0.423 e. The molecule has 3 heterocycles. The molecule has 5 rings (SSSR count). The van der Waals surface area contributed by atoms with Gasteiger partial charge in [0.2, 0.25) is 0 Å². The summed E-state index contributed by atoms with van der Waals surface area (Å²) in [5.74, 6) is -1.99. The number of carbonyl (C=O) groups excluding carboxylic acids is 1. The Morgan fingerprint density at radius 2 is 1.76 bits per heavy atom. The number of oxazole rings is 1. The van der Waals surface area contributed by atoms with Crippen LogP contribution in [-0.4, -0.2) is 47.1 Å². The number of amides is 2. The molecule has 1 fully saturated rings. The van der Waals surface area contributed by atoms with Gasteiger partial charge in [-0.3, -0.25) is 5.32 Å². The van der Waals surface area contributed by atoms with Gasteiger partial charge in [0.05, 0.1) is 6.20 Å². The molecule has 2 aromatic heterocycles. The molecular weight excluding hydrogens is 430 g/mol. The van der Waals surface area contributed by atoms with Crippen LogP contribution in [0.15, 0.2) is 65.2 Å². The monoisotopic (exact) mass is 450 g/mol. The van der Waals surface area contributed by atoms with E-state index in [4.69, 9.17) is 4.42 Å². The van der Waals surface area contributed by atoms with Gasteiger partial charge in [0.25, 0.3) is 6.01 Å². The Labute approximate surface area is 187 Å². The number of para-hydroxylation sites is 2. The normalized spacial score (nSPS) is 13.9. The lowest BCUT2D eigenvalue weighted by atomic mass is 10.2. The van der Waals surface area contributed by atoms with Crippen LogP contribution in [0.1, 0.15) is 0 Å². The number of hydrogen-bond donors (Lipinski definition) is 2. The highest BCUT2D eigenvalue weighted by atomic mass is 19.1. The number of benzene rings is 2. The molecular formula is C23H20F2N6O2. The van der Waals surface area contributed by atoms with Crippen molar-refractivity contribution in [1.29, 1.82) is 0 Å². The Bertz CT molecular complexity index is 1250. The summed E-state index contributed by atoms with van der Waals surface area (Å²) in [6, 6.07) is 16.0. The Balaban J connectivity index is 1.16. The van der Waals surface area contributed by atoms with Crippen LogP contribution in [0.5, 0.6) is 0 Å². The molecule has 1 saturated heterocycles. The smallest absolute Gasteiger partial charge is 0.323 e. The molecule has 2 amide bonds. The predicted molar refractivity (Wildman–Crippen MR) is 121 cm³/mol. The molecule has 1 aliphatic rings. The first-order valence-corrected chi connectivity index (χ1v) is 10.4. The summed E-state index contributed by atoms with van der Waals surface area (Å²) in [6.45, 7) is 2.14. The number of anilines is 4. The number of nitrogens with zero attached hydrogens (tertiary/aromatic N) is 4. The van der Waals surface area contributed by atoms with Gasteiger partial charge in [-0.05, 0) is 36.4 Å². The average molecular weight is 450 g/mol. The second-order valence-corrected chi connectivity index (χ2v) is 7.55. The topological polar surface area (TPSA) is 86.5 Å². The van der Waals surface area contributed by atoms with E-state index >= 15 is 0 Å². The zero-order valence-corrected chi connectivity index (χ0v) is 17.5. The summed E-state index contributed by atoms with van der Waals surface area (Å²) in [5.41, 5.74) is 3.37. The molecule has 4 aromatic rings. The van der Waals surface area contributed by atoms with Gasteiger partial charge >= 0.3 is 6.03 Å². The van der Waals surface area contributed by atoms with Crippen LogP contribution in [0.4, 0.5) is 36.8 Å². The number of pyridine rings is 1. The second-order valence-electron chi connectivity index (χ2n) is 7.55. The van der Waals surface area contributed by atoms with Crippen molar-refractivity contribution in [1.82, 2.24) is 14.9 Å². The van der Waals surface area contributed by atoms with Gasteiger partial charge in [-0.25, -0.2) is 18.6 Å². The van der Waals surface area contributed by atoms with Crippen molar-refractivity contribution in [3.63, 3.8) is 0 Å². The number of urea groups is 1. The van der Waals surface area contributed by atoms with Crippen LogP contribution in [0.2, 0.25) is 0 Å². The van der Waals surface area contributed by atoms with Gasteiger partial charge in [0.1, 0.15) is 11.3 Å². The third-order valence-electron chi connectivity index (χ3n) is 5.38. The molecule has 0 bridgehead atoms. The Kier molecular flexibility index (Phi) is 5.47. The van der Waals surface area contributed by atoms with Crippen LogP contribution in [0, 0.1) is 11.6 Å². The lowest BCUT2D eigenvalue weighted by molar-refractivity contribution is 0.208. The van der Waals surface area contributed by atoms with Gasteiger partial charge < -0.3 is 19.5 Å². The third-order valence-corrected chi connectivity index (χ3v) is 5.38. The molecule has 0 saturated carbocycles. The first-order valence-electron chi connectivity index (χ1n) is 10.4. The van der Waals surface area contributed by atoms with Crippen molar-refractivity contribution in [2.45, 2.75) is 0 Å². The van der Waals surface area contributed by atoms with E-state index in [1.54, 1.807) is 4.90 Å². The maximum Gasteiger partial charge on any atom is 0.323 e. The van der Waals surface area contributed by atoms with Gasteiger partial charge in [-0.15, -0.1) is 0 Å². The lowest BCUT2D eigenvalue weighted by Crippen LogP contribution is -2.50.